The Labute approximate surface area is 117 Å². The first-order chi connectivity index (χ1) is 9.67. The van der Waals surface area contributed by atoms with Gasteiger partial charge in [0.25, 0.3) is 5.91 Å². The van der Waals surface area contributed by atoms with E-state index in [2.05, 4.69) is 10.3 Å². The minimum absolute atomic E-state index is 0.0579. The molecule has 0 spiro atoms. The molecule has 0 saturated heterocycles. The third kappa shape index (κ3) is 4.07. The van der Waals surface area contributed by atoms with Gasteiger partial charge >= 0.3 is 0 Å². The van der Waals surface area contributed by atoms with E-state index in [1.165, 1.54) is 0 Å². The van der Waals surface area contributed by atoms with Crippen molar-refractivity contribution in [3.8, 4) is 5.75 Å². The average Bonchev–Trinajstić information content (AvgIpc) is 2.46. The van der Waals surface area contributed by atoms with Gasteiger partial charge in [0.2, 0.25) is 0 Å². The van der Waals surface area contributed by atoms with Crippen LogP contribution in [0, 0.1) is 6.92 Å². The number of hydrogen-bond acceptors (Lipinski definition) is 4. The molecular formula is C15H17N3O2. The molecule has 0 bridgehead atoms. The number of benzene rings is 1. The number of aromatic nitrogens is 1. The zero-order valence-electron chi connectivity index (χ0n) is 11.3. The molecule has 2 aromatic rings. The molecule has 0 unspecified atom stereocenters. The third-order valence-corrected chi connectivity index (χ3v) is 2.68. The van der Waals surface area contributed by atoms with Crippen molar-refractivity contribution >= 4 is 11.6 Å². The zero-order chi connectivity index (χ0) is 14.4. The molecule has 3 N–H and O–H groups in total. The highest BCUT2D eigenvalue weighted by atomic mass is 16.5. The van der Waals surface area contributed by atoms with Gasteiger partial charge in [-0.25, -0.2) is 0 Å². The summed E-state index contributed by atoms with van der Waals surface area (Å²) in [6, 6.07) is 11.1. The van der Waals surface area contributed by atoms with Crippen LogP contribution in [-0.4, -0.2) is 17.5 Å². The first-order valence-electron chi connectivity index (χ1n) is 6.31. The lowest BCUT2D eigenvalue weighted by Crippen LogP contribution is -2.20. The summed E-state index contributed by atoms with van der Waals surface area (Å²) in [6.07, 6.45) is 1.56. The summed E-state index contributed by atoms with van der Waals surface area (Å²) in [7, 11) is 0. The quantitative estimate of drug-likeness (QED) is 0.870. The van der Waals surface area contributed by atoms with Gasteiger partial charge in [-0.1, -0.05) is 12.1 Å². The van der Waals surface area contributed by atoms with Gasteiger partial charge in [-0.3, -0.25) is 9.78 Å². The smallest absolute Gasteiger partial charge is 0.262 e. The van der Waals surface area contributed by atoms with Crippen LogP contribution in [0.3, 0.4) is 0 Å². The SMILES string of the molecule is Cc1cccc(NC(=O)COc2ccc(CN)nc2)c1. The van der Waals surface area contributed by atoms with Crippen molar-refractivity contribution in [2.75, 3.05) is 11.9 Å². The second kappa shape index (κ2) is 6.68. The second-order valence-corrected chi connectivity index (χ2v) is 4.40. The molecule has 1 heterocycles. The molecule has 20 heavy (non-hydrogen) atoms. The molecule has 0 saturated carbocycles. The van der Waals surface area contributed by atoms with Crippen LogP contribution in [0.4, 0.5) is 5.69 Å². The van der Waals surface area contributed by atoms with Crippen LogP contribution in [0.25, 0.3) is 0 Å². The molecule has 0 aliphatic rings. The molecule has 5 heteroatoms. The molecule has 2 rings (SSSR count). The van der Waals surface area contributed by atoms with Crippen molar-refractivity contribution in [3.63, 3.8) is 0 Å². The minimum atomic E-state index is -0.210. The molecule has 1 aromatic heterocycles. The number of nitrogens with zero attached hydrogens (tertiary/aromatic N) is 1. The predicted molar refractivity (Wildman–Crippen MR) is 77.4 cm³/mol. The van der Waals surface area contributed by atoms with E-state index >= 15 is 0 Å². The van der Waals surface area contributed by atoms with E-state index in [1.54, 1.807) is 18.3 Å². The molecule has 0 aliphatic heterocycles. The van der Waals surface area contributed by atoms with Gasteiger partial charge in [-0.15, -0.1) is 0 Å². The molecule has 0 aliphatic carbocycles. The van der Waals surface area contributed by atoms with Crippen molar-refractivity contribution in [2.24, 2.45) is 5.73 Å². The highest BCUT2D eigenvalue weighted by Gasteiger charge is 2.04. The van der Waals surface area contributed by atoms with E-state index in [0.29, 0.717) is 12.3 Å². The van der Waals surface area contributed by atoms with Crippen LogP contribution in [0.5, 0.6) is 5.75 Å². The Kier molecular flexibility index (Phi) is 4.68. The van der Waals surface area contributed by atoms with E-state index in [0.717, 1.165) is 16.9 Å². The monoisotopic (exact) mass is 271 g/mol. The summed E-state index contributed by atoms with van der Waals surface area (Å²) in [4.78, 5) is 15.8. The summed E-state index contributed by atoms with van der Waals surface area (Å²) in [5.41, 5.74) is 8.08. The van der Waals surface area contributed by atoms with Gasteiger partial charge in [0, 0.05) is 12.2 Å². The molecule has 0 atom stereocenters. The summed E-state index contributed by atoms with van der Waals surface area (Å²) in [6.45, 7) is 2.29. The number of aryl methyl sites for hydroxylation is 1. The van der Waals surface area contributed by atoms with Crippen LogP contribution < -0.4 is 15.8 Å². The lowest BCUT2D eigenvalue weighted by atomic mass is 10.2. The molecule has 1 aromatic carbocycles. The van der Waals surface area contributed by atoms with Crippen LogP contribution in [0.2, 0.25) is 0 Å². The fraction of sp³-hybridized carbons (Fsp3) is 0.200. The van der Waals surface area contributed by atoms with E-state index < -0.39 is 0 Å². The number of amides is 1. The lowest BCUT2D eigenvalue weighted by Gasteiger charge is -2.08. The number of carbonyl (C=O) groups excluding carboxylic acids is 1. The molecule has 0 fully saturated rings. The number of carbonyl (C=O) groups is 1. The number of nitrogens with one attached hydrogen (secondary N) is 1. The lowest BCUT2D eigenvalue weighted by molar-refractivity contribution is -0.118. The van der Waals surface area contributed by atoms with Crippen molar-refractivity contribution in [2.45, 2.75) is 13.5 Å². The summed E-state index contributed by atoms with van der Waals surface area (Å²) < 4.78 is 5.35. The number of anilines is 1. The average molecular weight is 271 g/mol. The summed E-state index contributed by atoms with van der Waals surface area (Å²) in [5.74, 6) is 0.333. The highest BCUT2D eigenvalue weighted by Crippen LogP contribution is 2.11. The predicted octanol–water partition coefficient (Wildman–Crippen LogP) is 1.87. The third-order valence-electron chi connectivity index (χ3n) is 2.68. The van der Waals surface area contributed by atoms with Gasteiger partial charge < -0.3 is 15.8 Å². The van der Waals surface area contributed by atoms with E-state index in [-0.39, 0.29) is 12.5 Å². The summed E-state index contributed by atoms with van der Waals surface area (Å²) in [5, 5.41) is 2.77. The number of rotatable bonds is 5. The molecule has 1 amide bonds. The van der Waals surface area contributed by atoms with Gasteiger partial charge in [0.1, 0.15) is 5.75 Å². The van der Waals surface area contributed by atoms with Gasteiger partial charge in [0.15, 0.2) is 6.61 Å². The minimum Gasteiger partial charge on any atom is -0.482 e. The van der Waals surface area contributed by atoms with Gasteiger partial charge in [0.05, 0.1) is 11.9 Å². The van der Waals surface area contributed by atoms with Crippen LogP contribution in [-0.2, 0) is 11.3 Å². The maximum absolute atomic E-state index is 11.7. The Hall–Kier alpha value is -2.40. The van der Waals surface area contributed by atoms with Crippen LogP contribution in [0.1, 0.15) is 11.3 Å². The van der Waals surface area contributed by atoms with Crippen molar-refractivity contribution in [1.82, 2.24) is 4.98 Å². The second-order valence-electron chi connectivity index (χ2n) is 4.40. The maximum atomic E-state index is 11.7. The standard InChI is InChI=1S/C15H17N3O2/c1-11-3-2-4-12(7-11)18-15(19)10-20-14-6-5-13(8-16)17-9-14/h2-7,9H,8,10,16H2,1H3,(H,18,19). The maximum Gasteiger partial charge on any atom is 0.262 e. The van der Waals surface area contributed by atoms with Crippen molar-refractivity contribution in [1.29, 1.82) is 0 Å². The van der Waals surface area contributed by atoms with Crippen LogP contribution >= 0.6 is 0 Å². The van der Waals surface area contributed by atoms with E-state index in [9.17, 15) is 4.79 Å². The van der Waals surface area contributed by atoms with Crippen molar-refractivity contribution in [3.05, 3.63) is 53.9 Å². The van der Waals surface area contributed by atoms with Crippen LogP contribution in [0.15, 0.2) is 42.6 Å². The van der Waals surface area contributed by atoms with E-state index in [1.807, 2.05) is 31.2 Å². The number of hydrogen-bond donors (Lipinski definition) is 2. The molecule has 5 nitrogen and oxygen atoms in total. The van der Waals surface area contributed by atoms with Crippen molar-refractivity contribution < 1.29 is 9.53 Å². The molecule has 0 radical (unpaired) electrons. The fourth-order valence-corrected chi connectivity index (χ4v) is 1.69. The normalized spacial score (nSPS) is 10.1. The Balaban J connectivity index is 1.85. The first kappa shape index (κ1) is 14.0. The fourth-order valence-electron chi connectivity index (χ4n) is 1.69. The number of nitrogens with two attached hydrogens (primary N) is 1. The van der Waals surface area contributed by atoms with Gasteiger partial charge in [-0.2, -0.15) is 0 Å². The molecule has 104 valence electrons. The zero-order valence-corrected chi connectivity index (χ0v) is 11.3. The number of ether oxygens (including phenoxy) is 1. The Bertz CT molecular complexity index is 582. The van der Waals surface area contributed by atoms with Gasteiger partial charge in [-0.05, 0) is 36.8 Å². The largest absolute Gasteiger partial charge is 0.482 e. The Morgan fingerprint density at radius 1 is 1.35 bits per heavy atom. The Morgan fingerprint density at radius 3 is 2.85 bits per heavy atom. The van der Waals surface area contributed by atoms with E-state index in [4.69, 9.17) is 10.5 Å². The molecular weight excluding hydrogens is 254 g/mol. The topological polar surface area (TPSA) is 77.2 Å². The first-order valence-corrected chi connectivity index (χ1v) is 6.31. The summed E-state index contributed by atoms with van der Waals surface area (Å²) >= 11 is 0. The number of pyridine rings is 1. The highest BCUT2D eigenvalue weighted by molar-refractivity contribution is 5.91. The Morgan fingerprint density at radius 2 is 2.20 bits per heavy atom.